The fourth-order valence-electron chi connectivity index (χ4n) is 3.36. The lowest BCUT2D eigenvalue weighted by molar-refractivity contribution is 0.102. The average Bonchev–Trinajstić information content (AvgIpc) is 2.70. The highest BCUT2D eigenvalue weighted by atomic mass is 32.2. The van der Waals surface area contributed by atoms with Gasteiger partial charge in [0.15, 0.2) is 0 Å². The molecule has 0 aliphatic carbocycles. The maximum Gasteiger partial charge on any atom is 0.274 e. The van der Waals surface area contributed by atoms with Crippen LogP contribution in [0.15, 0.2) is 41.5 Å². The van der Waals surface area contributed by atoms with Gasteiger partial charge >= 0.3 is 0 Å². The van der Waals surface area contributed by atoms with Crippen LogP contribution in [0.1, 0.15) is 48.3 Å². The number of nitrogens with two attached hydrogens (primary N) is 1. The van der Waals surface area contributed by atoms with E-state index in [1.165, 1.54) is 18.2 Å². The summed E-state index contributed by atoms with van der Waals surface area (Å²) in [5.41, 5.74) is 7.09. The minimum Gasteiger partial charge on any atom is -0.386 e. The summed E-state index contributed by atoms with van der Waals surface area (Å²) >= 11 is 1.67. The zero-order valence-corrected chi connectivity index (χ0v) is 16.5. The Hall–Kier alpha value is -2.48. The standard InChI is InChI=1S/C20H22F2N4OS/c1-3-20(28-2)9-8-16(26-19(20)23)14-10-13(5-6-15(14)22)25-18(27)17-7-4-12(21)11-24-17/h4-7,10-11,16H,3,8-9H2,1-2H3,(H2,23,26)(H,25,27). The maximum absolute atomic E-state index is 14.5. The summed E-state index contributed by atoms with van der Waals surface area (Å²) in [5.74, 6) is -0.894. The normalized spacial score (nSPS) is 21.9. The first-order valence-corrected chi connectivity index (χ1v) is 10.2. The number of pyridine rings is 1. The Kier molecular flexibility index (Phi) is 5.98. The molecular weight excluding hydrogens is 382 g/mol. The third-order valence-electron chi connectivity index (χ3n) is 5.12. The molecule has 1 amide bonds. The van der Waals surface area contributed by atoms with Gasteiger partial charge in [0.05, 0.1) is 17.0 Å². The van der Waals surface area contributed by atoms with Crippen molar-refractivity contribution in [1.29, 1.82) is 0 Å². The third kappa shape index (κ3) is 4.01. The Morgan fingerprint density at radius 1 is 1.36 bits per heavy atom. The number of carbonyl (C=O) groups is 1. The molecule has 1 aliphatic heterocycles. The summed E-state index contributed by atoms with van der Waals surface area (Å²) in [4.78, 5) is 20.6. The van der Waals surface area contributed by atoms with Gasteiger partial charge in [-0.2, -0.15) is 11.8 Å². The molecule has 3 rings (SSSR count). The molecule has 5 nitrogen and oxygen atoms in total. The largest absolute Gasteiger partial charge is 0.386 e. The molecule has 148 valence electrons. The summed E-state index contributed by atoms with van der Waals surface area (Å²) in [6.45, 7) is 2.07. The maximum atomic E-state index is 14.5. The lowest BCUT2D eigenvalue weighted by Gasteiger charge is -2.36. The van der Waals surface area contributed by atoms with Crippen LogP contribution in [-0.2, 0) is 0 Å². The molecule has 0 saturated heterocycles. The van der Waals surface area contributed by atoms with Crippen LogP contribution >= 0.6 is 11.8 Å². The van der Waals surface area contributed by atoms with E-state index in [0.29, 0.717) is 23.5 Å². The zero-order chi connectivity index (χ0) is 20.3. The predicted octanol–water partition coefficient (Wildman–Crippen LogP) is 4.32. The van der Waals surface area contributed by atoms with Crippen molar-refractivity contribution in [2.45, 2.75) is 37.0 Å². The molecule has 3 N–H and O–H groups in total. The van der Waals surface area contributed by atoms with Gasteiger partial charge in [-0.05, 0) is 55.9 Å². The van der Waals surface area contributed by atoms with Gasteiger partial charge in [0, 0.05) is 11.3 Å². The molecule has 0 radical (unpaired) electrons. The van der Waals surface area contributed by atoms with Crippen molar-refractivity contribution in [1.82, 2.24) is 4.98 Å². The van der Waals surface area contributed by atoms with Gasteiger partial charge in [0.25, 0.3) is 5.91 Å². The number of anilines is 1. The number of carbonyl (C=O) groups excluding carboxylic acids is 1. The molecule has 28 heavy (non-hydrogen) atoms. The Morgan fingerprint density at radius 2 is 2.14 bits per heavy atom. The van der Waals surface area contributed by atoms with E-state index in [-0.39, 0.29) is 10.4 Å². The van der Waals surface area contributed by atoms with E-state index >= 15 is 0 Å². The van der Waals surface area contributed by atoms with Crippen molar-refractivity contribution in [2.75, 3.05) is 11.6 Å². The summed E-state index contributed by atoms with van der Waals surface area (Å²) in [6, 6.07) is 6.37. The molecule has 0 spiro atoms. The van der Waals surface area contributed by atoms with Gasteiger partial charge in [-0.1, -0.05) is 6.92 Å². The number of nitrogens with one attached hydrogen (secondary N) is 1. The molecule has 1 aromatic heterocycles. The lowest BCUT2D eigenvalue weighted by Crippen LogP contribution is -2.43. The minimum atomic E-state index is -0.526. The number of nitrogens with zero attached hydrogens (tertiary/aromatic N) is 2. The van der Waals surface area contributed by atoms with Crippen LogP contribution in [0, 0.1) is 11.6 Å². The van der Waals surface area contributed by atoms with Gasteiger partial charge in [0.2, 0.25) is 0 Å². The number of thioether (sulfide) groups is 1. The molecule has 2 aromatic rings. The number of halogens is 2. The van der Waals surface area contributed by atoms with Gasteiger partial charge in [-0.15, -0.1) is 0 Å². The molecule has 2 heterocycles. The van der Waals surface area contributed by atoms with Crippen LogP contribution in [0.2, 0.25) is 0 Å². The SMILES string of the molecule is CCC1(SC)CCC(c2cc(NC(=O)c3ccc(F)cn3)ccc2F)N=C1N. The number of aliphatic imine (C=N–C) groups is 1. The predicted molar refractivity (Wildman–Crippen MR) is 109 cm³/mol. The van der Waals surface area contributed by atoms with Crippen molar-refractivity contribution >= 4 is 29.2 Å². The number of hydrogen-bond donors (Lipinski definition) is 2. The monoisotopic (exact) mass is 404 g/mol. The second-order valence-electron chi connectivity index (χ2n) is 6.67. The zero-order valence-electron chi connectivity index (χ0n) is 15.7. The van der Waals surface area contributed by atoms with Gasteiger partial charge in [-0.3, -0.25) is 9.79 Å². The quantitative estimate of drug-likeness (QED) is 0.778. The third-order valence-corrected chi connectivity index (χ3v) is 6.60. The Balaban J connectivity index is 1.83. The molecule has 1 aromatic carbocycles. The summed E-state index contributed by atoms with van der Waals surface area (Å²) in [7, 11) is 0. The fraction of sp³-hybridized carbons (Fsp3) is 0.350. The van der Waals surface area contributed by atoms with Crippen molar-refractivity contribution in [3.05, 3.63) is 59.4 Å². The number of hydrogen-bond acceptors (Lipinski definition) is 5. The van der Waals surface area contributed by atoms with Crippen LogP contribution < -0.4 is 11.1 Å². The summed E-state index contributed by atoms with van der Waals surface area (Å²) in [6.07, 6.45) is 5.31. The van der Waals surface area contributed by atoms with Crippen molar-refractivity contribution in [2.24, 2.45) is 10.7 Å². The lowest BCUT2D eigenvalue weighted by atomic mass is 9.89. The van der Waals surface area contributed by atoms with E-state index in [0.717, 1.165) is 25.1 Å². The Morgan fingerprint density at radius 3 is 2.75 bits per heavy atom. The molecule has 2 unspecified atom stereocenters. The first-order valence-electron chi connectivity index (χ1n) is 9.00. The van der Waals surface area contributed by atoms with E-state index in [4.69, 9.17) is 5.73 Å². The molecular formula is C20H22F2N4OS. The van der Waals surface area contributed by atoms with Crippen LogP contribution in [0.5, 0.6) is 0 Å². The number of amidine groups is 1. The van der Waals surface area contributed by atoms with Crippen molar-refractivity contribution in [3.63, 3.8) is 0 Å². The fourth-order valence-corrected chi connectivity index (χ4v) is 4.24. The van der Waals surface area contributed by atoms with E-state index in [1.807, 2.05) is 6.26 Å². The molecule has 8 heteroatoms. The Bertz CT molecular complexity index is 898. The summed E-state index contributed by atoms with van der Waals surface area (Å²) in [5, 5.41) is 2.66. The van der Waals surface area contributed by atoms with Crippen molar-refractivity contribution < 1.29 is 13.6 Å². The first-order chi connectivity index (χ1) is 13.4. The molecule has 2 atom stereocenters. The van der Waals surface area contributed by atoms with E-state index in [9.17, 15) is 13.6 Å². The average molecular weight is 404 g/mol. The van der Waals surface area contributed by atoms with Crippen LogP contribution in [0.3, 0.4) is 0 Å². The minimum absolute atomic E-state index is 0.0694. The highest BCUT2D eigenvalue weighted by molar-refractivity contribution is 8.00. The van der Waals surface area contributed by atoms with Gasteiger partial charge in [-0.25, -0.2) is 13.8 Å². The van der Waals surface area contributed by atoms with Crippen LogP contribution in [0.25, 0.3) is 0 Å². The number of benzene rings is 1. The van der Waals surface area contributed by atoms with Gasteiger partial charge < -0.3 is 11.1 Å². The first kappa shape index (κ1) is 20.3. The Labute approximate surface area is 166 Å². The van der Waals surface area contributed by atoms with Crippen LogP contribution in [-0.4, -0.2) is 27.7 Å². The van der Waals surface area contributed by atoms with E-state index in [1.54, 1.807) is 17.8 Å². The highest BCUT2D eigenvalue weighted by Crippen LogP contribution is 2.41. The molecule has 0 fully saturated rings. The summed E-state index contributed by atoms with van der Waals surface area (Å²) < 4.78 is 27.2. The smallest absolute Gasteiger partial charge is 0.274 e. The molecule has 0 bridgehead atoms. The number of aromatic nitrogens is 1. The highest BCUT2D eigenvalue weighted by Gasteiger charge is 2.37. The number of amides is 1. The molecule has 1 aliphatic rings. The van der Waals surface area contributed by atoms with E-state index < -0.39 is 23.6 Å². The topological polar surface area (TPSA) is 80.4 Å². The second-order valence-corrected chi connectivity index (χ2v) is 7.86. The molecule has 0 saturated carbocycles. The van der Waals surface area contributed by atoms with Crippen LogP contribution in [0.4, 0.5) is 14.5 Å². The number of rotatable bonds is 5. The second kappa shape index (κ2) is 8.26. The van der Waals surface area contributed by atoms with Crippen molar-refractivity contribution in [3.8, 4) is 0 Å². The van der Waals surface area contributed by atoms with E-state index in [2.05, 4.69) is 22.2 Å². The van der Waals surface area contributed by atoms with Gasteiger partial charge in [0.1, 0.15) is 23.2 Å².